The molecule has 0 N–H and O–H groups in total. The number of hydrogen-bond donors (Lipinski definition) is 0. The zero-order valence-corrected chi connectivity index (χ0v) is 35.3. The first-order chi connectivity index (χ1) is 28.0. The number of hydrogen-bond acceptors (Lipinski definition) is 6. The van der Waals surface area contributed by atoms with Gasteiger partial charge in [0.25, 0.3) is 11.8 Å². The van der Waals surface area contributed by atoms with Gasteiger partial charge in [0.15, 0.2) is 0 Å². The number of benzene rings is 4. The van der Waals surface area contributed by atoms with E-state index in [0.29, 0.717) is 45.8 Å². The number of morpholine rings is 2. The topological polar surface area (TPSA) is 93.2 Å². The fourth-order valence-corrected chi connectivity index (χ4v) is 8.12. The maximum atomic E-state index is 13.3. The van der Waals surface area contributed by atoms with Crippen LogP contribution in [0.25, 0.3) is 0 Å². The summed E-state index contributed by atoms with van der Waals surface area (Å²) in [5.74, 6) is -0.441. The zero-order valence-electron chi connectivity index (χ0n) is 32.3. The van der Waals surface area contributed by atoms with Crippen molar-refractivity contribution in [2.24, 2.45) is 0 Å². The van der Waals surface area contributed by atoms with Crippen LogP contribution >= 0.6 is 46.4 Å². The molecular formula is C46H46Cl4N2O6. The second kappa shape index (κ2) is 21.1. The molecule has 2 heterocycles. The van der Waals surface area contributed by atoms with Crippen LogP contribution in [0.4, 0.5) is 0 Å². The van der Waals surface area contributed by atoms with Gasteiger partial charge >= 0.3 is 0 Å². The number of nitrogens with zero attached hydrogens (tertiary/aromatic N) is 2. The van der Waals surface area contributed by atoms with Crippen LogP contribution in [0.5, 0.6) is 0 Å². The summed E-state index contributed by atoms with van der Waals surface area (Å²) in [5, 5.41) is 2.34. The normalized spacial score (nSPS) is 22.9. The van der Waals surface area contributed by atoms with Gasteiger partial charge in [0.05, 0.1) is 24.2 Å². The molecule has 2 fully saturated rings. The molecule has 58 heavy (non-hydrogen) atoms. The first-order valence-corrected chi connectivity index (χ1v) is 20.6. The first kappa shape index (κ1) is 44.8. The van der Waals surface area contributed by atoms with E-state index in [2.05, 4.69) is 13.2 Å². The highest BCUT2D eigenvalue weighted by Gasteiger charge is 2.47. The molecule has 4 aromatic rings. The number of ether oxygens (including phenoxy) is 2. The second-order valence-corrected chi connectivity index (χ2v) is 15.7. The lowest BCUT2D eigenvalue weighted by molar-refractivity contribution is -0.179. The molecule has 2 saturated heterocycles. The van der Waals surface area contributed by atoms with Gasteiger partial charge in [-0.2, -0.15) is 0 Å². The average molecular weight is 865 g/mol. The number of amides is 2. The second-order valence-electron chi connectivity index (χ2n) is 14.0. The molecule has 0 saturated carbocycles. The highest BCUT2D eigenvalue weighted by atomic mass is 35.5. The van der Waals surface area contributed by atoms with E-state index in [1.807, 2.05) is 74.5 Å². The number of carbonyl (C=O) groups is 4. The van der Waals surface area contributed by atoms with Crippen molar-refractivity contribution in [2.75, 3.05) is 0 Å². The van der Waals surface area contributed by atoms with Crippen molar-refractivity contribution in [2.45, 2.75) is 88.1 Å². The Bertz CT molecular complexity index is 1910. The van der Waals surface area contributed by atoms with Crippen LogP contribution < -0.4 is 0 Å². The molecule has 8 nitrogen and oxygen atoms in total. The van der Waals surface area contributed by atoms with Gasteiger partial charge in [-0.15, -0.1) is 13.2 Å². The highest BCUT2D eigenvalue weighted by Crippen LogP contribution is 2.46. The molecule has 0 bridgehead atoms. The molecule has 4 aromatic carbocycles. The van der Waals surface area contributed by atoms with Crippen molar-refractivity contribution >= 4 is 70.8 Å². The van der Waals surface area contributed by atoms with Crippen LogP contribution in [0.15, 0.2) is 122 Å². The van der Waals surface area contributed by atoms with Gasteiger partial charge in [0, 0.05) is 32.9 Å². The Hall–Kier alpha value is -4.28. The molecule has 0 aliphatic carbocycles. The minimum Gasteiger partial charge on any atom is -0.358 e. The number of halogens is 4. The van der Waals surface area contributed by atoms with Gasteiger partial charge in [-0.05, 0) is 83.6 Å². The van der Waals surface area contributed by atoms with Gasteiger partial charge < -0.3 is 28.9 Å². The summed E-state index contributed by atoms with van der Waals surface area (Å²) >= 11 is 24.6. The van der Waals surface area contributed by atoms with Crippen LogP contribution in [-0.4, -0.2) is 58.5 Å². The van der Waals surface area contributed by atoms with E-state index in [4.69, 9.17) is 55.9 Å². The SMILES string of the molecule is C=CC[C@@H]1O[C@H](c2cccc(Cl)c2)[C@@H](c2ccc(Cl)cc2)N([C@H](C=O)CC)C1=O.C=CC[C@H]1O[C@H](c2cccc(Cl)c2)[C@@H](c2ccc(Cl)cc2)N([C@H](C=O)CC)C1=O. The van der Waals surface area contributed by atoms with Crippen molar-refractivity contribution in [3.05, 3.63) is 165 Å². The molecular weight excluding hydrogens is 818 g/mol. The molecule has 0 aromatic heterocycles. The fourth-order valence-electron chi connectivity index (χ4n) is 7.47. The lowest BCUT2D eigenvalue weighted by Gasteiger charge is -2.46. The van der Waals surface area contributed by atoms with Gasteiger partial charge in [-0.25, -0.2) is 0 Å². The van der Waals surface area contributed by atoms with Crippen molar-refractivity contribution < 1.29 is 28.7 Å². The van der Waals surface area contributed by atoms with Crippen molar-refractivity contribution in [1.82, 2.24) is 9.80 Å². The van der Waals surface area contributed by atoms with E-state index in [-0.39, 0.29) is 11.8 Å². The maximum absolute atomic E-state index is 13.3. The third-order valence-corrected chi connectivity index (χ3v) is 11.2. The molecule has 2 aliphatic heterocycles. The lowest BCUT2D eigenvalue weighted by atomic mass is 9.89. The van der Waals surface area contributed by atoms with E-state index >= 15 is 0 Å². The summed E-state index contributed by atoms with van der Waals surface area (Å²) in [5.41, 5.74) is 3.35. The Morgan fingerprint density at radius 2 is 0.931 bits per heavy atom. The molecule has 0 spiro atoms. The third-order valence-electron chi connectivity index (χ3n) is 10.3. The van der Waals surface area contributed by atoms with Crippen molar-refractivity contribution in [3.8, 4) is 0 Å². The fraction of sp³-hybridized carbons (Fsp3) is 0.304. The van der Waals surface area contributed by atoms with Crippen LogP contribution in [0.3, 0.4) is 0 Å². The van der Waals surface area contributed by atoms with Gasteiger partial charge in [0.1, 0.15) is 37.0 Å². The molecule has 0 unspecified atom stereocenters. The minimum absolute atomic E-state index is 0.220. The van der Waals surface area contributed by atoms with E-state index in [1.54, 1.807) is 58.4 Å². The van der Waals surface area contributed by atoms with Gasteiger partial charge in [-0.3, -0.25) is 9.59 Å². The summed E-state index contributed by atoms with van der Waals surface area (Å²) in [6.07, 6.45) is 4.26. The van der Waals surface area contributed by atoms with E-state index in [9.17, 15) is 19.2 Å². The largest absolute Gasteiger partial charge is 0.358 e. The van der Waals surface area contributed by atoms with Gasteiger partial charge in [0.2, 0.25) is 0 Å². The average Bonchev–Trinajstić information content (AvgIpc) is 3.22. The predicted molar refractivity (Wildman–Crippen MR) is 230 cm³/mol. The molecule has 2 amide bonds. The minimum atomic E-state index is -0.714. The molecule has 304 valence electrons. The molecule has 2 aliphatic rings. The predicted octanol–water partition coefficient (Wildman–Crippen LogP) is 11.1. The Kier molecular flexibility index (Phi) is 16.3. The number of aldehydes is 2. The summed E-state index contributed by atoms with van der Waals surface area (Å²) < 4.78 is 12.6. The van der Waals surface area contributed by atoms with Crippen LogP contribution in [0, 0.1) is 0 Å². The zero-order chi connectivity index (χ0) is 41.9. The van der Waals surface area contributed by atoms with Gasteiger partial charge in [-0.1, -0.05) is 121 Å². The molecule has 12 heteroatoms. The van der Waals surface area contributed by atoms with Crippen molar-refractivity contribution in [3.63, 3.8) is 0 Å². The highest BCUT2D eigenvalue weighted by molar-refractivity contribution is 6.31. The van der Waals surface area contributed by atoms with E-state index in [1.165, 1.54) is 0 Å². The smallest absolute Gasteiger partial charge is 0.253 e. The van der Waals surface area contributed by atoms with E-state index in [0.717, 1.165) is 34.8 Å². The van der Waals surface area contributed by atoms with Crippen molar-refractivity contribution in [1.29, 1.82) is 0 Å². The number of rotatable bonds is 14. The quantitative estimate of drug-likeness (QED) is 0.0926. The maximum Gasteiger partial charge on any atom is 0.253 e. The third kappa shape index (κ3) is 10.3. The summed E-state index contributed by atoms with van der Waals surface area (Å²) in [6, 6.07) is 27.2. The summed E-state index contributed by atoms with van der Waals surface area (Å²) in [4.78, 5) is 53.7. The Balaban J connectivity index is 0.000000221. The van der Waals surface area contributed by atoms with Crippen LogP contribution in [0.2, 0.25) is 20.1 Å². The molecule has 6 rings (SSSR count). The Labute approximate surface area is 360 Å². The first-order valence-electron chi connectivity index (χ1n) is 19.1. The summed E-state index contributed by atoms with van der Waals surface area (Å²) in [7, 11) is 0. The van der Waals surface area contributed by atoms with Crippen LogP contribution in [-0.2, 0) is 28.7 Å². The monoisotopic (exact) mass is 862 g/mol. The summed E-state index contributed by atoms with van der Waals surface area (Å²) in [6.45, 7) is 11.3. The number of carbonyl (C=O) groups excluding carboxylic acids is 4. The lowest BCUT2D eigenvalue weighted by Crippen LogP contribution is -2.55. The van der Waals surface area contributed by atoms with Crippen LogP contribution in [0.1, 0.15) is 86.1 Å². The Morgan fingerprint density at radius 1 is 0.569 bits per heavy atom. The molecule has 8 atom stereocenters. The Morgan fingerprint density at radius 3 is 1.22 bits per heavy atom. The molecule has 0 radical (unpaired) electrons. The standard InChI is InChI=1S/2C23H23Cl2NO3/c2*1-3-6-20-23(28)26(19(4-2)14-27)21(15-9-11-17(24)12-10-15)22(29-20)16-7-5-8-18(25)13-16/h2*3,5,7-14,19-22H,1,4,6H2,2H3/t19-,20+,21+,22+;19-,20-,21+,22+/m00/s1. The van der Waals surface area contributed by atoms with E-state index < -0.39 is 48.6 Å².